The third-order valence-electron chi connectivity index (χ3n) is 14.7. The molecule has 0 unspecified atom stereocenters. The van der Waals surface area contributed by atoms with Crippen molar-refractivity contribution in [2.75, 3.05) is 39.4 Å². The van der Waals surface area contributed by atoms with Crippen molar-refractivity contribution >= 4 is 57.5 Å². The van der Waals surface area contributed by atoms with Gasteiger partial charge < -0.3 is 48.3 Å². The van der Waals surface area contributed by atoms with Crippen LogP contribution in [0.4, 0.5) is 0 Å². The number of carbonyl (C=O) groups is 4. The highest BCUT2D eigenvalue weighted by atomic mass is 16.6. The normalized spacial score (nSPS) is 13.4. The van der Waals surface area contributed by atoms with Crippen LogP contribution in [0, 0.1) is 27.7 Å². The van der Waals surface area contributed by atoms with E-state index < -0.39 is 51.7 Å². The van der Waals surface area contributed by atoms with Crippen molar-refractivity contribution < 1.29 is 56.8 Å². The Hall–Kier alpha value is -8.28. The van der Waals surface area contributed by atoms with Crippen LogP contribution in [-0.4, -0.2) is 86.2 Å². The van der Waals surface area contributed by atoms with Crippen LogP contribution in [-0.2, 0) is 38.0 Å². The van der Waals surface area contributed by atoms with Gasteiger partial charge in [0.2, 0.25) is 11.5 Å². The van der Waals surface area contributed by atoms with Crippen LogP contribution in [0.1, 0.15) is 152 Å². The van der Waals surface area contributed by atoms with E-state index in [1.807, 2.05) is 81.4 Å². The van der Waals surface area contributed by atoms with Gasteiger partial charge in [-0.2, -0.15) is 0 Å². The van der Waals surface area contributed by atoms with Gasteiger partial charge in [0.15, 0.2) is 17.0 Å². The number of hydrogen-bond acceptors (Lipinski definition) is 17. The largest absolute Gasteiger partial charge is 0.489 e. The summed E-state index contributed by atoms with van der Waals surface area (Å²) in [5.41, 5.74) is 5.26. The van der Waals surface area contributed by atoms with Crippen LogP contribution in [0.3, 0.4) is 0 Å². The summed E-state index contributed by atoms with van der Waals surface area (Å²) in [6.07, 6.45) is 3.22. The Morgan fingerprint density at radius 2 is 1.04 bits per heavy atom. The Kier molecular flexibility index (Phi) is 18.7. The average Bonchev–Trinajstić information content (AvgIpc) is 3.07. The van der Waals surface area contributed by atoms with E-state index in [0.717, 1.165) is 87.8 Å². The molecule has 0 bridgehead atoms. The summed E-state index contributed by atoms with van der Waals surface area (Å²) in [7, 11) is 0. The van der Waals surface area contributed by atoms with Crippen LogP contribution in [0.25, 0.3) is 21.9 Å². The number of aryl methyl sites for hydroxylation is 2. The number of unbranched alkanes of at least 4 members (excludes halogenated alkanes) is 4. The number of fused-ring (bicyclic) bond motifs is 2. The van der Waals surface area contributed by atoms with E-state index in [1.54, 1.807) is 24.3 Å². The second-order valence-corrected chi connectivity index (χ2v) is 23.1. The highest BCUT2D eigenvalue weighted by Gasteiger charge is 2.30. The van der Waals surface area contributed by atoms with Crippen LogP contribution in [0.15, 0.2) is 89.1 Å². The zero-order chi connectivity index (χ0) is 59.0. The van der Waals surface area contributed by atoms with Crippen LogP contribution >= 0.6 is 0 Å². The van der Waals surface area contributed by atoms with E-state index in [2.05, 4.69) is 20.6 Å². The standard InChI is InChI=1S/C64H74N4O14/c1-36-28-43(63(5,6)7)59(38(3)41(36)30-53-65-24-25-66-53)81-61(74)51-32-45(69)57-47(18-16-20-49(57)79-51)76-34-40(78-56(73)23-15-13-11-12-14-22-55(71)72)35-77-48-19-17-21-50-58(48)46(70)33-52(80-50)62(75)82-60-39(4)42(31-54-67-26-27-68-54)37(2)29-44(60)64(8,9)10/h16-21,28-29,32-33,40H,11-15,22-27,30-31,34-35H2,1-10H3,(H,65,66)(H,67,68)(H,71,72). The maximum atomic E-state index is 14.0. The van der Waals surface area contributed by atoms with Gasteiger partial charge in [0.05, 0.1) is 13.1 Å². The number of aliphatic imine (C=N–C) groups is 2. The van der Waals surface area contributed by atoms with E-state index in [9.17, 15) is 28.8 Å². The van der Waals surface area contributed by atoms with Crippen LogP contribution in [0.2, 0.25) is 0 Å². The molecular weight excluding hydrogens is 1050 g/mol. The third kappa shape index (κ3) is 14.4. The number of aliphatic carboxylic acids is 1. The summed E-state index contributed by atoms with van der Waals surface area (Å²) in [6, 6.07) is 15.5. The number of carboxylic acids is 1. The van der Waals surface area contributed by atoms with Gasteiger partial charge in [-0.1, -0.05) is 85.1 Å². The Balaban J connectivity index is 1.02. The van der Waals surface area contributed by atoms with Gasteiger partial charge in [0, 0.05) is 62.0 Å². The molecule has 4 aromatic carbocycles. The molecule has 0 amide bonds. The molecule has 2 aliphatic rings. The predicted octanol–water partition coefficient (Wildman–Crippen LogP) is 10.4. The number of ether oxygens (including phenoxy) is 5. The minimum Gasteiger partial charge on any atom is -0.489 e. The third-order valence-corrected chi connectivity index (χ3v) is 14.7. The molecule has 8 rings (SSSR count). The molecule has 2 aliphatic heterocycles. The van der Waals surface area contributed by atoms with Crippen molar-refractivity contribution in [3.8, 4) is 23.0 Å². The summed E-state index contributed by atoms with van der Waals surface area (Å²) in [5, 5.41) is 15.7. The number of rotatable bonds is 23. The number of amidine groups is 2. The predicted molar refractivity (Wildman–Crippen MR) is 313 cm³/mol. The molecule has 4 heterocycles. The molecule has 0 saturated carbocycles. The molecule has 18 heteroatoms. The summed E-state index contributed by atoms with van der Waals surface area (Å²) >= 11 is 0. The lowest BCUT2D eigenvalue weighted by Gasteiger charge is -2.26. The SMILES string of the molecule is Cc1cc(C(C)(C)C)c(OC(=O)c2cc(=O)c3c(OCC(COc4cccc5oc(C(=O)Oc6c(C(C)(C)C)cc(C)c(CC7=NCCN7)c6C)cc(=O)c45)OC(=O)CCCCCCCC(=O)O)cccc3o2)c(C)c1CC1=NCCN1. The monoisotopic (exact) mass is 1120 g/mol. The quantitative estimate of drug-likeness (QED) is 0.0307. The number of nitrogens with one attached hydrogen (secondary N) is 2. The minimum atomic E-state index is -1.11. The van der Waals surface area contributed by atoms with E-state index in [1.165, 1.54) is 12.1 Å². The first-order chi connectivity index (χ1) is 39.0. The molecule has 18 nitrogen and oxygen atoms in total. The molecule has 0 spiro atoms. The average molecular weight is 1120 g/mol. The Bertz CT molecular complexity index is 3400. The van der Waals surface area contributed by atoms with Gasteiger partial charge in [-0.3, -0.25) is 29.2 Å². The number of carbonyl (C=O) groups excluding carboxylic acids is 3. The molecule has 6 aromatic rings. The molecule has 3 N–H and O–H groups in total. The fraction of sp³-hybridized carbons (Fsp3) is 0.438. The van der Waals surface area contributed by atoms with Crippen molar-refractivity contribution in [2.24, 2.45) is 9.98 Å². The summed E-state index contributed by atoms with van der Waals surface area (Å²) in [4.78, 5) is 89.6. The number of esters is 3. The molecule has 0 saturated heterocycles. The number of nitrogens with zero attached hydrogens (tertiary/aromatic N) is 2. The second kappa shape index (κ2) is 25.7. The topological polar surface area (TPSA) is 244 Å². The summed E-state index contributed by atoms with van der Waals surface area (Å²) in [5.74, 6) is -1.17. The van der Waals surface area contributed by atoms with Crippen molar-refractivity contribution in [1.29, 1.82) is 0 Å². The zero-order valence-electron chi connectivity index (χ0n) is 48.6. The lowest BCUT2D eigenvalue weighted by molar-refractivity contribution is -0.152. The maximum absolute atomic E-state index is 14.0. The van der Waals surface area contributed by atoms with Gasteiger partial charge >= 0.3 is 23.9 Å². The first-order valence-corrected chi connectivity index (χ1v) is 28.0. The molecule has 0 fully saturated rings. The molecule has 2 aromatic heterocycles. The first kappa shape index (κ1) is 59.8. The van der Waals surface area contributed by atoms with E-state index in [0.29, 0.717) is 63.1 Å². The second-order valence-electron chi connectivity index (χ2n) is 23.1. The van der Waals surface area contributed by atoms with E-state index in [-0.39, 0.29) is 71.0 Å². The Morgan fingerprint density at radius 1 is 0.610 bits per heavy atom. The van der Waals surface area contributed by atoms with Gasteiger partial charge in [-0.05, 0) is 109 Å². The van der Waals surface area contributed by atoms with Gasteiger partial charge in [0.25, 0.3) is 0 Å². The van der Waals surface area contributed by atoms with Gasteiger partial charge in [-0.25, -0.2) is 9.59 Å². The fourth-order valence-corrected chi connectivity index (χ4v) is 10.3. The molecule has 434 valence electrons. The first-order valence-electron chi connectivity index (χ1n) is 28.0. The number of benzene rings is 4. The maximum Gasteiger partial charge on any atom is 0.379 e. The lowest BCUT2D eigenvalue weighted by Crippen LogP contribution is -2.31. The molecule has 0 radical (unpaired) electrons. The van der Waals surface area contributed by atoms with Gasteiger partial charge in [-0.15, -0.1) is 0 Å². The molecule has 82 heavy (non-hydrogen) atoms. The van der Waals surface area contributed by atoms with Gasteiger partial charge in [0.1, 0.15) is 69.8 Å². The summed E-state index contributed by atoms with van der Waals surface area (Å²) in [6.45, 7) is 22.3. The molecule has 0 aliphatic carbocycles. The van der Waals surface area contributed by atoms with Crippen molar-refractivity contribution in [2.45, 2.75) is 144 Å². The Morgan fingerprint density at radius 3 is 1.44 bits per heavy atom. The molecule has 0 atom stereocenters. The van der Waals surface area contributed by atoms with E-state index in [4.69, 9.17) is 37.6 Å². The number of carboxylic acid groups (broad SMARTS) is 1. The van der Waals surface area contributed by atoms with Crippen molar-refractivity contribution in [1.82, 2.24) is 10.6 Å². The smallest absolute Gasteiger partial charge is 0.379 e. The zero-order valence-corrected chi connectivity index (χ0v) is 48.6. The highest BCUT2D eigenvalue weighted by molar-refractivity contribution is 5.94. The Labute approximate surface area is 476 Å². The fourth-order valence-electron chi connectivity index (χ4n) is 10.3. The van der Waals surface area contributed by atoms with Crippen molar-refractivity contribution in [3.05, 3.63) is 137 Å². The van der Waals surface area contributed by atoms with Crippen molar-refractivity contribution in [3.63, 3.8) is 0 Å². The highest BCUT2D eigenvalue weighted by Crippen LogP contribution is 2.40. The lowest BCUT2D eigenvalue weighted by atomic mass is 9.82. The number of hydrogen-bond donors (Lipinski definition) is 3. The van der Waals surface area contributed by atoms with Crippen LogP contribution in [0.5, 0.6) is 23.0 Å². The summed E-state index contributed by atoms with van der Waals surface area (Å²) < 4.78 is 42.8. The van der Waals surface area contributed by atoms with Crippen LogP contribution < -0.4 is 40.4 Å². The minimum absolute atomic E-state index is 0.0203. The van der Waals surface area contributed by atoms with E-state index >= 15 is 0 Å². The molecular formula is C64H74N4O14.